The highest BCUT2D eigenvalue weighted by atomic mass is 32.2. The van der Waals surface area contributed by atoms with Crippen molar-refractivity contribution in [3.63, 3.8) is 0 Å². The highest BCUT2D eigenvalue weighted by Gasteiger charge is 2.16. The fraction of sp³-hybridized carbons (Fsp3) is 0.0870. The lowest BCUT2D eigenvalue weighted by atomic mass is 10.0. The maximum atomic E-state index is 12.8. The Balaban J connectivity index is 1.81. The molecule has 0 aliphatic heterocycles. The smallest absolute Gasteiger partial charge is 0.255 e. The van der Waals surface area contributed by atoms with E-state index < -0.39 is 10.0 Å². The molecule has 0 spiro atoms. The molecule has 0 aromatic heterocycles. The SMILES string of the molecule is C#CCNS(=O)(=O)c1cccc(C(=O)Nc2ccccc2Cc2ccccc2)c1. The van der Waals surface area contributed by atoms with E-state index in [2.05, 4.69) is 16.0 Å². The van der Waals surface area contributed by atoms with E-state index in [1.54, 1.807) is 6.07 Å². The maximum Gasteiger partial charge on any atom is 0.255 e. The van der Waals surface area contributed by atoms with Crippen LogP contribution >= 0.6 is 0 Å². The van der Waals surface area contributed by atoms with Crippen molar-refractivity contribution in [2.75, 3.05) is 11.9 Å². The second kappa shape index (κ2) is 9.20. The molecule has 146 valence electrons. The van der Waals surface area contributed by atoms with Crippen LogP contribution < -0.4 is 10.0 Å². The van der Waals surface area contributed by atoms with Crippen molar-refractivity contribution in [3.8, 4) is 12.3 Å². The van der Waals surface area contributed by atoms with Crippen LogP contribution in [0.5, 0.6) is 0 Å². The first-order valence-electron chi connectivity index (χ1n) is 8.96. The number of carbonyl (C=O) groups excluding carboxylic acids is 1. The number of hydrogen-bond acceptors (Lipinski definition) is 3. The molecular weight excluding hydrogens is 384 g/mol. The van der Waals surface area contributed by atoms with Gasteiger partial charge in [-0.1, -0.05) is 60.5 Å². The molecule has 0 aliphatic carbocycles. The molecule has 0 radical (unpaired) electrons. The van der Waals surface area contributed by atoms with Gasteiger partial charge in [-0.25, -0.2) is 8.42 Å². The summed E-state index contributed by atoms with van der Waals surface area (Å²) < 4.78 is 26.8. The first kappa shape index (κ1) is 20.3. The minimum Gasteiger partial charge on any atom is -0.322 e. The van der Waals surface area contributed by atoms with Crippen LogP contribution in [0.25, 0.3) is 0 Å². The molecule has 0 saturated heterocycles. The summed E-state index contributed by atoms with van der Waals surface area (Å²) in [5.41, 5.74) is 3.01. The third kappa shape index (κ3) is 5.32. The van der Waals surface area contributed by atoms with Crippen LogP contribution in [0.2, 0.25) is 0 Å². The summed E-state index contributed by atoms with van der Waals surface area (Å²) in [6.45, 7) is -0.119. The lowest BCUT2D eigenvalue weighted by Gasteiger charge is -2.12. The summed E-state index contributed by atoms with van der Waals surface area (Å²) in [5.74, 6) is 1.83. The zero-order chi connectivity index (χ0) is 20.7. The Morgan fingerprint density at radius 2 is 1.66 bits per heavy atom. The van der Waals surface area contributed by atoms with Crippen molar-refractivity contribution in [1.29, 1.82) is 0 Å². The van der Waals surface area contributed by atoms with Gasteiger partial charge in [0.05, 0.1) is 11.4 Å². The fourth-order valence-electron chi connectivity index (χ4n) is 2.83. The van der Waals surface area contributed by atoms with E-state index in [0.29, 0.717) is 12.1 Å². The van der Waals surface area contributed by atoms with Gasteiger partial charge in [-0.15, -0.1) is 6.42 Å². The maximum absolute atomic E-state index is 12.8. The van der Waals surface area contributed by atoms with Crippen LogP contribution in [-0.2, 0) is 16.4 Å². The van der Waals surface area contributed by atoms with Crippen molar-refractivity contribution in [2.45, 2.75) is 11.3 Å². The van der Waals surface area contributed by atoms with Gasteiger partial charge in [-0.2, -0.15) is 4.72 Å². The molecule has 1 amide bonds. The second-order valence-electron chi connectivity index (χ2n) is 6.33. The molecule has 0 unspecified atom stereocenters. The number of amides is 1. The van der Waals surface area contributed by atoms with Gasteiger partial charge in [-0.3, -0.25) is 4.79 Å². The van der Waals surface area contributed by atoms with E-state index in [9.17, 15) is 13.2 Å². The molecule has 0 atom stereocenters. The van der Waals surface area contributed by atoms with Crippen LogP contribution in [0.4, 0.5) is 5.69 Å². The Kier molecular flexibility index (Phi) is 6.45. The normalized spacial score (nSPS) is 10.9. The molecule has 0 bridgehead atoms. The van der Waals surface area contributed by atoms with E-state index in [1.165, 1.54) is 18.2 Å². The largest absolute Gasteiger partial charge is 0.322 e. The second-order valence-corrected chi connectivity index (χ2v) is 8.10. The van der Waals surface area contributed by atoms with Crippen LogP contribution in [0.15, 0.2) is 83.8 Å². The predicted molar refractivity (Wildman–Crippen MR) is 114 cm³/mol. The van der Waals surface area contributed by atoms with Crippen molar-refractivity contribution in [2.24, 2.45) is 0 Å². The number of terminal acetylenes is 1. The van der Waals surface area contributed by atoms with Crippen LogP contribution in [0.1, 0.15) is 21.5 Å². The number of nitrogens with one attached hydrogen (secondary N) is 2. The zero-order valence-corrected chi connectivity index (χ0v) is 16.4. The number of para-hydroxylation sites is 1. The molecule has 3 aromatic carbocycles. The average Bonchev–Trinajstić information content (AvgIpc) is 2.74. The van der Waals surface area contributed by atoms with Gasteiger partial charge in [0.1, 0.15) is 0 Å². The van der Waals surface area contributed by atoms with Gasteiger partial charge in [0, 0.05) is 11.3 Å². The molecule has 3 aromatic rings. The van der Waals surface area contributed by atoms with Crippen molar-refractivity contribution in [1.82, 2.24) is 4.72 Å². The Morgan fingerprint density at radius 3 is 2.41 bits per heavy atom. The monoisotopic (exact) mass is 404 g/mol. The molecular formula is C23H20N2O3S. The molecule has 29 heavy (non-hydrogen) atoms. The average molecular weight is 404 g/mol. The van der Waals surface area contributed by atoms with Crippen molar-refractivity contribution < 1.29 is 13.2 Å². The molecule has 3 rings (SSSR count). The Hall–Kier alpha value is -3.40. The zero-order valence-electron chi connectivity index (χ0n) is 15.6. The summed E-state index contributed by atoms with van der Waals surface area (Å²) in [4.78, 5) is 12.7. The first-order chi connectivity index (χ1) is 14.0. The van der Waals surface area contributed by atoms with Crippen LogP contribution in [0, 0.1) is 12.3 Å². The van der Waals surface area contributed by atoms with Gasteiger partial charge < -0.3 is 5.32 Å². The van der Waals surface area contributed by atoms with Gasteiger partial charge in [0.2, 0.25) is 10.0 Å². The number of hydrogen-bond donors (Lipinski definition) is 2. The number of anilines is 1. The van der Waals surface area contributed by atoms with E-state index in [4.69, 9.17) is 6.42 Å². The summed E-state index contributed by atoms with van der Waals surface area (Å²) in [7, 11) is -3.77. The van der Waals surface area contributed by atoms with Crippen molar-refractivity contribution in [3.05, 3.63) is 95.6 Å². The molecule has 2 N–H and O–H groups in total. The minimum atomic E-state index is -3.77. The van der Waals surface area contributed by atoms with Gasteiger partial charge in [0.15, 0.2) is 0 Å². The molecule has 6 heteroatoms. The summed E-state index contributed by atoms with van der Waals surface area (Å²) in [5, 5.41) is 2.88. The van der Waals surface area contributed by atoms with E-state index >= 15 is 0 Å². The fourth-order valence-corrected chi connectivity index (χ4v) is 3.81. The van der Waals surface area contributed by atoms with Crippen molar-refractivity contribution >= 4 is 21.6 Å². The minimum absolute atomic E-state index is 0.0158. The molecule has 0 heterocycles. The standard InChI is InChI=1S/C23H20N2O3S/c1-2-15-24-29(27,28)21-13-8-12-20(17-21)23(26)25-22-14-7-6-11-19(22)16-18-9-4-3-5-10-18/h1,3-14,17,24H,15-16H2,(H,25,26). The number of carbonyl (C=O) groups is 1. The van der Waals surface area contributed by atoms with E-state index in [1.807, 2.05) is 54.6 Å². The summed E-state index contributed by atoms with van der Waals surface area (Å²) >= 11 is 0. The Labute approximate surface area is 170 Å². The Bertz CT molecular complexity index is 1150. The number of sulfonamides is 1. The van der Waals surface area contributed by atoms with Gasteiger partial charge in [0.25, 0.3) is 5.91 Å². The first-order valence-corrected chi connectivity index (χ1v) is 10.4. The van der Waals surface area contributed by atoms with Crippen LogP contribution in [-0.4, -0.2) is 20.9 Å². The molecule has 0 aliphatic rings. The lowest BCUT2D eigenvalue weighted by molar-refractivity contribution is 0.102. The van der Waals surface area contributed by atoms with E-state index in [-0.39, 0.29) is 22.9 Å². The van der Waals surface area contributed by atoms with Crippen LogP contribution in [0.3, 0.4) is 0 Å². The third-order valence-electron chi connectivity index (χ3n) is 4.27. The Morgan fingerprint density at radius 1 is 0.931 bits per heavy atom. The van der Waals surface area contributed by atoms with Gasteiger partial charge >= 0.3 is 0 Å². The lowest BCUT2D eigenvalue weighted by Crippen LogP contribution is -2.24. The predicted octanol–water partition coefficient (Wildman–Crippen LogP) is 3.44. The summed E-state index contributed by atoms with van der Waals surface area (Å²) in [6.07, 6.45) is 5.77. The molecule has 5 nitrogen and oxygen atoms in total. The quantitative estimate of drug-likeness (QED) is 0.593. The summed E-state index contributed by atoms with van der Waals surface area (Å²) in [6, 6.07) is 23.3. The number of rotatable bonds is 7. The topological polar surface area (TPSA) is 75.3 Å². The number of benzene rings is 3. The molecule has 0 fully saturated rings. The van der Waals surface area contributed by atoms with E-state index in [0.717, 1.165) is 11.1 Å². The molecule has 0 saturated carbocycles. The highest BCUT2D eigenvalue weighted by Crippen LogP contribution is 2.20. The van der Waals surface area contributed by atoms with Gasteiger partial charge in [-0.05, 0) is 41.8 Å². The third-order valence-corrected chi connectivity index (χ3v) is 5.67. The highest BCUT2D eigenvalue weighted by molar-refractivity contribution is 7.89.